The Morgan fingerprint density at radius 3 is 2.88 bits per heavy atom. The number of hydrogen-bond acceptors (Lipinski definition) is 5. The third-order valence-corrected chi connectivity index (χ3v) is 5.23. The molecule has 2 heterocycles. The number of aromatic nitrogens is 1. The molecule has 6 nitrogen and oxygen atoms in total. The van der Waals surface area contributed by atoms with E-state index in [4.69, 9.17) is 9.47 Å². The normalized spacial score (nSPS) is 17.5. The lowest BCUT2D eigenvalue weighted by Gasteiger charge is -2.18. The van der Waals surface area contributed by atoms with Crippen LogP contribution in [-0.4, -0.2) is 27.1 Å². The van der Waals surface area contributed by atoms with Gasteiger partial charge < -0.3 is 9.47 Å². The van der Waals surface area contributed by atoms with E-state index < -0.39 is 21.9 Å². The molecule has 1 atom stereocenters. The van der Waals surface area contributed by atoms with Crippen molar-refractivity contribution in [3.8, 4) is 11.6 Å². The van der Waals surface area contributed by atoms with Gasteiger partial charge in [-0.3, -0.25) is 0 Å². The first-order chi connectivity index (χ1) is 11.5. The van der Waals surface area contributed by atoms with E-state index in [9.17, 15) is 12.8 Å². The molecular formula is C16H17FN2O4S. The molecule has 0 saturated carbocycles. The van der Waals surface area contributed by atoms with Crippen LogP contribution in [0.25, 0.3) is 0 Å². The average Bonchev–Trinajstić information content (AvgIpc) is 2.76. The lowest BCUT2D eigenvalue weighted by molar-refractivity contribution is 0.314. The Labute approximate surface area is 139 Å². The summed E-state index contributed by atoms with van der Waals surface area (Å²) in [5.74, 6) is 0.280. The molecule has 0 bridgehead atoms. The lowest BCUT2D eigenvalue weighted by atomic mass is 10.0. The quantitative estimate of drug-likeness (QED) is 0.914. The highest BCUT2D eigenvalue weighted by Crippen LogP contribution is 2.33. The molecule has 0 aliphatic carbocycles. The fourth-order valence-corrected chi connectivity index (χ4v) is 3.76. The Hall–Kier alpha value is -2.19. The number of pyridine rings is 1. The van der Waals surface area contributed by atoms with Crippen LogP contribution in [0, 0.1) is 5.82 Å². The molecule has 24 heavy (non-hydrogen) atoms. The third-order valence-electron chi connectivity index (χ3n) is 3.77. The van der Waals surface area contributed by atoms with Crippen molar-refractivity contribution >= 4 is 10.0 Å². The number of nitrogens with zero attached hydrogens (tertiary/aromatic N) is 1. The summed E-state index contributed by atoms with van der Waals surface area (Å²) in [6.45, 7) is 0.415. The van der Waals surface area contributed by atoms with E-state index in [-0.39, 0.29) is 4.90 Å². The van der Waals surface area contributed by atoms with E-state index in [1.807, 2.05) is 0 Å². The maximum Gasteiger partial charge on any atom is 0.242 e. The molecule has 8 heteroatoms. The summed E-state index contributed by atoms with van der Waals surface area (Å²) in [6.07, 6.45) is 2.45. The number of halogens is 1. The number of fused-ring (bicyclic) bond motifs is 1. The molecule has 1 aliphatic heterocycles. The fourth-order valence-electron chi connectivity index (χ4n) is 2.57. The van der Waals surface area contributed by atoms with Crippen LogP contribution in [0.3, 0.4) is 0 Å². The third kappa shape index (κ3) is 3.49. The number of nitrogens with one attached hydrogen (secondary N) is 1. The molecule has 1 aromatic heterocycles. The molecule has 128 valence electrons. The summed E-state index contributed by atoms with van der Waals surface area (Å²) in [5, 5.41) is 0. The Kier molecular flexibility index (Phi) is 4.68. The van der Waals surface area contributed by atoms with Crippen molar-refractivity contribution in [2.45, 2.75) is 23.8 Å². The molecular weight excluding hydrogens is 335 g/mol. The predicted molar refractivity (Wildman–Crippen MR) is 85.0 cm³/mol. The zero-order valence-electron chi connectivity index (χ0n) is 13.0. The maximum atomic E-state index is 13.4. The maximum absolute atomic E-state index is 13.4. The first-order valence-corrected chi connectivity index (χ1v) is 8.92. The minimum absolute atomic E-state index is 0.0390. The summed E-state index contributed by atoms with van der Waals surface area (Å²) in [4.78, 5) is 3.95. The lowest BCUT2D eigenvalue weighted by Crippen LogP contribution is -2.28. The van der Waals surface area contributed by atoms with Gasteiger partial charge in [0.15, 0.2) is 0 Å². The van der Waals surface area contributed by atoms with Crippen LogP contribution in [0.15, 0.2) is 41.4 Å². The largest absolute Gasteiger partial charge is 0.493 e. The van der Waals surface area contributed by atoms with Crippen molar-refractivity contribution in [2.75, 3.05) is 13.7 Å². The standard InChI is InChI=1S/C16H17FN2O4S/c1-22-16-7-5-12(10-18-16)24(20,21)19-14-3-2-8-23-15-9-11(17)4-6-13(14)15/h4-7,9-10,14,19H,2-3,8H2,1H3. The highest BCUT2D eigenvalue weighted by Gasteiger charge is 2.26. The summed E-state index contributed by atoms with van der Waals surface area (Å²) < 4.78 is 51.6. The van der Waals surface area contributed by atoms with Crippen molar-refractivity contribution in [3.63, 3.8) is 0 Å². The van der Waals surface area contributed by atoms with Crippen LogP contribution >= 0.6 is 0 Å². The van der Waals surface area contributed by atoms with Gasteiger partial charge >= 0.3 is 0 Å². The first kappa shape index (κ1) is 16.7. The van der Waals surface area contributed by atoms with Crippen molar-refractivity contribution < 1.29 is 22.3 Å². The number of rotatable bonds is 4. The molecule has 1 unspecified atom stereocenters. The van der Waals surface area contributed by atoms with Crippen LogP contribution in [0.1, 0.15) is 24.4 Å². The van der Waals surface area contributed by atoms with E-state index in [2.05, 4.69) is 9.71 Å². The smallest absolute Gasteiger partial charge is 0.242 e. The monoisotopic (exact) mass is 352 g/mol. The van der Waals surface area contributed by atoms with E-state index in [1.165, 1.54) is 37.6 Å². The number of sulfonamides is 1. The molecule has 0 amide bonds. The first-order valence-electron chi connectivity index (χ1n) is 7.44. The van der Waals surface area contributed by atoms with Crippen LogP contribution in [-0.2, 0) is 10.0 Å². The molecule has 1 N–H and O–H groups in total. The molecule has 0 radical (unpaired) electrons. The van der Waals surface area contributed by atoms with Gasteiger partial charge in [0.1, 0.15) is 16.5 Å². The summed E-state index contributed by atoms with van der Waals surface area (Å²) in [6, 6.07) is 6.53. The number of ether oxygens (including phenoxy) is 2. The molecule has 1 aliphatic rings. The van der Waals surface area contributed by atoms with Gasteiger partial charge in [0, 0.05) is 17.7 Å². The molecule has 3 rings (SSSR count). The Morgan fingerprint density at radius 2 is 2.17 bits per heavy atom. The highest BCUT2D eigenvalue weighted by molar-refractivity contribution is 7.89. The van der Waals surface area contributed by atoms with E-state index in [1.54, 1.807) is 6.07 Å². The Balaban J connectivity index is 1.89. The zero-order chi connectivity index (χ0) is 17.2. The van der Waals surface area contributed by atoms with Gasteiger partial charge in [-0.2, -0.15) is 0 Å². The Bertz CT molecular complexity index is 824. The van der Waals surface area contributed by atoms with Crippen molar-refractivity contribution in [3.05, 3.63) is 47.9 Å². The van der Waals surface area contributed by atoms with E-state index >= 15 is 0 Å². The van der Waals surface area contributed by atoms with Gasteiger partial charge in [-0.15, -0.1) is 0 Å². The molecule has 0 spiro atoms. The molecule has 2 aromatic rings. The summed E-state index contributed by atoms with van der Waals surface area (Å²) in [5.41, 5.74) is 0.624. The second-order valence-electron chi connectivity index (χ2n) is 5.38. The van der Waals surface area contributed by atoms with Crippen molar-refractivity contribution in [2.24, 2.45) is 0 Å². The van der Waals surface area contributed by atoms with Crippen molar-refractivity contribution in [1.82, 2.24) is 9.71 Å². The van der Waals surface area contributed by atoms with Gasteiger partial charge in [-0.25, -0.2) is 22.5 Å². The SMILES string of the molecule is COc1ccc(S(=O)(=O)NC2CCCOc3cc(F)ccc32)cn1. The topological polar surface area (TPSA) is 77.5 Å². The molecule has 1 aromatic carbocycles. The van der Waals surface area contributed by atoms with Gasteiger partial charge in [0.25, 0.3) is 0 Å². The average molecular weight is 352 g/mol. The number of methoxy groups -OCH3 is 1. The summed E-state index contributed by atoms with van der Waals surface area (Å²) in [7, 11) is -2.32. The van der Waals surface area contributed by atoms with E-state index in [0.29, 0.717) is 36.6 Å². The van der Waals surface area contributed by atoms with Gasteiger partial charge in [-0.05, 0) is 25.0 Å². The molecule has 0 fully saturated rings. The Morgan fingerprint density at radius 1 is 1.33 bits per heavy atom. The highest BCUT2D eigenvalue weighted by atomic mass is 32.2. The second kappa shape index (κ2) is 6.74. The molecule has 0 saturated heterocycles. The van der Waals surface area contributed by atoms with Crippen LogP contribution in [0.2, 0.25) is 0 Å². The minimum atomic E-state index is -3.77. The van der Waals surface area contributed by atoms with Gasteiger partial charge in [0.05, 0.1) is 26.0 Å². The van der Waals surface area contributed by atoms with Crippen LogP contribution < -0.4 is 14.2 Å². The summed E-state index contributed by atoms with van der Waals surface area (Å²) >= 11 is 0. The van der Waals surface area contributed by atoms with Gasteiger partial charge in [0.2, 0.25) is 15.9 Å². The second-order valence-corrected chi connectivity index (χ2v) is 7.10. The van der Waals surface area contributed by atoms with Gasteiger partial charge in [-0.1, -0.05) is 6.07 Å². The van der Waals surface area contributed by atoms with E-state index in [0.717, 1.165) is 0 Å². The number of hydrogen-bond donors (Lipinski definition) is 1. The zero-order valence-corrected chi connectivity index (χ0v) is 13.8. The fraction of sp³-hybridized carbons (Fsp3) is 0.312. The predicted octanol–water partition coefficient (Wildman–Crippen LogP) is 2.42. The van der Waals surface area contributed by atoms with Crippen LogP contribution in [0.4, 0.5) is 4.39 Å². The minimum Gasteiger partial charge on any atom is -0.493 e. The van der Waals surface area contributed by atoms with Crippen LogP contribution in [0.5, 0.6) is 11.6 Å². The number of benzene rings is 1. The van der Waals surface area contributed by atoms with Crippen molar-refractivity contribution in [1.29, 1.82) is 0 Å².